The Hall–Kier alpha value is -1.07. The van der Waals surface area contributed by atoms with Crippen LogP contribution >= 0.6 is 0 Å². The van der Waals surface area contributed by atoms with Crippen molar-refractivity contribution in [1.29, 1.82) is 0 Å². The monoisotopic (exact) mass is 193 g/mol. The quantitative estimate of drug-likeness (QED) is 0.718. The fraction of sp³-hybridized carbons (Fsp3) is 0.714. The van der Waals surface area contributed by atoms with E-state index in [1.165, 1.54) is 6.20 Å². The molecule has 1 rings (SSSR count). The summed E-state index contributed by atoms with van der Waals surface area (Å²) in [7, 11) is 0. The van der Waals surface area contributed by atoms with Gasteiger partial charge in [-0.1, -0.05) is 13.8 Å². The standard InChI is InChI=1S/C7H10F3N3/c1-5(2)6-3-11-13(12-6)4-7(8,9)10/h3,5H,4H2,1-2H3. The van der Waals surface area contributed by atoms with Crippen molar-refractivity contribution in [3.05, 3.63) is 11.9 Å². The van der Waals surface area contributed by atoms with E-state index in [2.05, 4.69) is 10.2 Å². The number of aromatic nitrogens is 3. The Morgan fingerprint density at radius 2 is 2.08 bits per heavy atom. The minimum atomic E-state index is -4.26. The Labute approximate surface area is 73.5 Å². The van der Waals surface area contributed by atoms with E-state index in [0.29, 0.717) is 10.5 Å². The van der Waals surface area contributed by atoms with Crippen LogP contribution in [0.25, 0.3) is 0 Å². The molecule has 1 heterocycles. The van der Waals surface area contributed by atoms with Gasteiger partial charge in [0.1, 0.15) is 0 Å². The van der Waals surface area contributed by atoms with Gasteiger partial charge < -0.3 is 0 Å². The van der Waals surface area contributed by atoms with Crippen LogP contribution in [0.2, 0.25) is 0 Å². The Morgan fingerprint density at radius 1 is 1.46 bits per heavy atom. The van der Waals surface area contributed by atoms with Gasteiger partial charge in [-0.25, -0.2) is 0 Å². The van der Waals surface area contributed by atoms with Crippen LogP contribution in [0.3, 0.4) is 0 Å². The van der Waals surface area contributed by atoms with Crippen LogP contribution in [0.15, 0.2) is 6.20 Å². The first-order valence-corrected chi connectivity index (χ1v) is 3.85. The molecule has 0 aliphatic carbocycles. The van der Waals surface area contributed by atoms with Crippen molar-refractivity contribution in [2.75, 3.05) is 0 Å². The topological polar surface area (TPSA) is 30.7 Å². The van der Waals surface area contributed by atoms with Crippen LogP contribution in [0.4, 0.5) is 13.2 Å². The van der Waals surface area contributed by atoms with Crippen molar-refractivity contribution < 1.29 is 13.2 Å². The zero-order chi connectivity index (χ0) is 10.1. The van der Waals surface area contributed by atoms with Crippen molar-refractivity contribution >= 4 is 0 Å². The minimum Gasteiger partial charge on any atom is -0.175 e. The summed E-state index contributed by atoms with van der Waals surface area (Å²) in [6, 6.07) is 0. The van der Waals surface area contributed by atoms with Gasteiger partial charge in [-0.2, -0.15) is 28.2 Å². The maximum Gasteiger partial charge on any atom is 0.409 e. The molecule has 0 unspecified atom stereocenters. The van der Waals surface area contributed by atoms with E-state index in [0.717, 1.165) is 0 Å². The molecule has 0 aliphatic rings. The molecule has 13 heavy (non-hydrogen) atoms. The number of halogens is 3. The second-order valence-electron chi connectivity index (χ2n) is 3.07. The molecule has 0 N–H and O–H groups in total. The predicted octanol–water partition coefficient (Wildman–Crippen LogP) is 1.96. The molecular weight excluding hydrogens is 183 g/mol. The summed E-state index contributed by atoms with van der Waals surface area (Å²) in [5.41, 5.74) is 0.573. The van der Waals surface area contributed by atoms with Crippen LogP contribution in [0, 0.1) is 0 Å². The van der Waals surface area contributed by atoms with Gasteiger partial charge in [-0.15, -0.1) is 0 Å². The van der Waals surface area contributed by atoms with E-state index in [-0.39, 0.29) is 5.92 Å². The van der Waals surface area contributed by atoms with E-state index in [1.807, 2.05) is 13.8 Å². The molecule has 0 saturated heterocycles. The van der Waals surface area contributed by atoms with E-state index >= 15 is 0 Å². The van der Waals surface area contributed by atoms with Crippen LogP contribution in [-0.4, -0.2) is 21.2 Å². The first-order valence-electron chi connectivity index (χ1n) is 3.85. The lowest BCUT2D eigenvalue weighted by Crippen LogP contribution is -2.19. The van der Waals surface area contributed by atoms with Crippen LogP contribution in [0.1, 0.15) is 25.5 Å². The number of nitrogens with zero attached hydrogens (tertiary/aromatic N) is 3. The lowest BCUT2D eigenvalue weighted by molar-refractivity contribution is -0.144. The molecule has 3 nitrogen and oxygen atoms in total. The Balaban J connectivity index is 2.70. The number of rotatable bonds is 2. The molecule has 74 valence electrons. The van der Waals surface area contributed by atoms with Gasteiger partial charge in [-0.05, 0) is 5.92 Å². The van der Waals surface area contributed by atoms with Gasteiger partial charge in [-0.3, -0.25) is 0 Å². The van der Waals surface area contributed by atoms with Crippen molar-refractivity contribution in [1.82, 2.24) is 15.0 Å². The van der Waals surface area contributed by atoms with Crippen molar-refractivity contribution in [3.63, 3.8) is 0 Å². The lowest BCUT2D eigenvalue weighted by Gasteiger charge is -2.04. The van der Waals surface area contributed by atoms with Gasteiger partial charge in [0.2, 0.25) is 0 Å². The normalized spacial score (nSPS) is 12.5. The molecule has 0 atom stereocenters. The Morgan fingerprint density at radius 3 is 2.46 bits per heavy atom. The first kappa shape index (κ1) is 10.0. The third-order valence-corrected chi connectivity index (χ3v) is 1.47. The minimum absolute atomic E-state index is 0.0991. The largest absolute Gasteiger partial charge is 0.409 e. The maximum absolute atomic E-state index is 11.9. The van der Waals surface area contributed by atoms with E-state index in [4.69, 9.17) is 0 Å². The molecule has 0 radical (unpaired) electrons. The summed E-state index contributed by atoms with van der Waals surface area (Å²) in [6.45, 7) is 2.57. The van der Waals surface area contributed by atoms with E-state index < -0.39 is 12.7 Å². The van der Waals surface area contributed by atoms with Gasteiger partial charge in [0.25, 0.3) is 0 Å². The number of alkyl halides is 3. The third-order valence-electron chi connectivity index (χ3n) is 1.47. The van der Waals surface area contributed by atoms with E-state index in [1.54, 1.807) is 0 Å². The van der Waals surface area contributed by atoms with Crippen LogP contribution < -0.4 is 0 Å². The summed E-state index contributed by atoms with van der Waals surface area (Å²) < 4.78 is 35.6. The van der Waals surface area contributed by atoms with Crippen molar-refractivity contribution in [2.45, 2.75) is 32.5 Å². The molecule has 0 saturated carbocycles. The highest BCUT2D eigenvalue weighted by Crippen LogP contribution is 2.17. The highest BCUT2D eigenvalue weighted by atomic mass is 19.4. The molecule has 6 heteroatoms. The smallest absolute Gasteiger partial charge is 0.175 e. The molecule has 0 fully saturated rings. The highest BCUT2D eigenvalue weighted by molar-refractivity contribution is 4.97. The summed E-state index contributed by atoms with van der Waals surface area (Å²) in [5.74, 6) is 0.0991. The molecule has 0 spiro atoms. The summed E-state index contributed by atoms with van der Waals surface area (Å²) >= 11 is 0. The molecule has 0 aliphatic heterocycles. The Bertz CT molecular complexity index is 277. The molecule has 0 aromatic carbocycles. The average molecular weight is 193 g/mol. The molecule has 0 bridgehead atoms. The fourth-order valence-electron chi connectivity index (χ4n) is 0.812. The van der Waals surface area contributed by atoms with Gasteiger partial charge in [0.05, 0.1) is 11.9 Å². The lowest BCUT2D eigenvalue weighted by atomic mass is 10.2. The summed E-state index contributed by atoms with van der Waals surface area (Å²) in [6.07, 6.45) is -2.90. The number of hydrogen-bond donors (Lipinski definition) is 0. The molecule has 1 aromatic rings. The summed E-state index contributed by atoms with van der Waals surface area (Å²) in [4.78, 5) is 0.662. The van der Waals surface area contributed by atoms with Crippen LogP contribution in [-0.2, 0) is 6.54 Å². The van der Waals surface area contributed by atoms with Gasteiger partial charge in [0.15, 0.2) is 6.54 Å². The zero-order valence-corrected chi connectivity index (χ0v) is 7.34. The Kier molecular flexibility index (Phi) is 2.58. The average Bonchev–Trinajstić information content (AvgIpc) is 2.31. The highest BCUT2D eigenvalue weighted by Gasteiger charge is 2.29. The molecular formula is C7H10F3N3. The van der Waals surface area contributed by atoms with Gasteiger partial charge >= 0.3 is 6.18 Å². The summed E-state index contributed by atoms with van der Waals surface area (Å²) in [5, 5.41) is 7.19. The SMILES string of the molecule is CC(C)c1cnn(CC(F)(F)F)n1. The van der Waals surface area contributed by atoms with Crippen molar-refractivity contribution in [3.8, 4) is 0 Å². The van der Waals surface area contributed by atoms with Crippen molar-refractivity contribution in [2.24, 2.45) is 0 Å². The number of hydrogen-bond acceptors (Lipinski definition) is 2. The molecule has 0 amide bonds. The fourth-order valence-corrected chi connectivity index (χ4v) is 0.812. The van der Waals surface area contributed by atoms with Gasteiger partial charge in [0, 0.05) is 0 Å². The maximum atomic E-state index is 11.9. The second kappa shape index (κ2) is 3.35. The molecule has 1 aromatic heterocycles. The van der Waals surface area contributed by atoms with E-state index in [9.17, 15) is 13.2 Å². The zero-order valence-electron chi connectivity index (χ0n) is 7.34. The van der Waals surface area contributed by atoms with Crippen LogP contribution in [0.5, 0.6) is 0 Å². The third kappa shape index (κ3) is 3.04. The predicted molar refractivity (Wildman–Crippen MR) is 40.2 cm³/mol. The second-order valence-corrected chi connectivity index (χ2v) is 3.07. The first-order chi connectivity index (χ1) is 5.88.